The zero-order chi connectivity index (χ0) is 21.7. The van der Waals surface area contributed by atoms with Gasteiger partial charge in [0.2, 0.25) is 10.0 Å². The van der Waals surface area contributed by atoms with E-state index < -0.39 is 21.8 Å². The molecule has 1 N–H and O–H groups in total. The molecule has 0 unspecified atom stereocenters. The molecular formula is C21H20F4N2O2S. The molecule has 1 aliphatic heterocycles. The van der Waals surface area contributed by atoms with Gasteiger partial charge in [0, 0.05) is 30.2 Å². The molecule has 2 aromatic carbocycles. The monoisotopic (exact) mass is 440 g/mol. The third-order valence-electron chi connectivity index (χ3n) is 5.70. The number of fused-ring (bicyclic) bond motifs is 1. The minimum atomic E-state index is -4.62. The molecule has 0 aliphatic carbocycles. The summed E-state index contributed by atoms with van der Waals surface area (Å²) in [7, 11) is -4.05. The Labute approximate surface area is 171 Å². The SMILES string of the molecule is Cc1ccc(C(F)(F)F)cc1S(=O)(=O)N1CCC(c2c[nH]c3ccc(F)cc23)CC1. The number of alkyl halides is 3. The summed E-state index contributed by atoms with van der Waals surface area (Å²) in [5.74, 6) is -0.307. The number of aryl methyl sites for hydroxylation is 1. The molecule has 30 heavy (non-hydrogen) atoms. The van der Waals surface area contributed by atoms with Gasteiger partial charge in [0.15, 0.2) is 0 Å². The Morgan fingerprint density at radius 3 is 2.43 bits per heavy atom. The van der Waals surface area contributed by atoms with Crippen LogP contribution in [-0.2, 0) is 16.2 Å². The van der Waals surface area contributed by atoms with E-state index in [1.165, 1.54) is 29.4 Å². The second-order valence-corrected chi connectivity index (χ2v) is 9.50. The number of nitrogens with one attached hydrogen (secondary N) is 1. The van der Waals surface area contributed by atoms with Crippen LogP contribution in [-0.4, -0.2) is 30.8 Å². The fourth-order valence-corrected chi connectivity index (χ4v) is 5.77. The lowest BCUT2D eigenvalue weighted by Crippen LogP contribution is -2.38. The number of aromatic amines is 1. The number of halogens is 4. The van der Waals surface area contributed by atoms with Gasteiger partial charge in [-0.2, -0.15) is 17.5 Å². The number of rotatable bonds is 3. The molecule has 4 rings (SSSR count). The van der Waals surface area contributed by atoms with Crippen molar-refractivity contribution in [1.82, 2.24) is 9.29 Å². The van der Waals surface area contributed by atoms with E-state index in [2.05, 4.69) is 4.98 Å². The van der Waals surface area contributed by atoms with Crippen LogP contribution in [0, 0.1) is 12.7 Å². The molecule has 160 valence electrons. The molecule has 0 amide bonds. The molecular weight excluding hydrogens is 420 g/mol. The van der Waals surface area contributed by atoms with E-state index in [-0.39, 0.29) is 35.3 Å². The highest BCUT2D eigenvalue weighted by Crippen LogP contribution is 2.37. The number of aromatic nitrogens is 1. The number of sulfonamides is 1. The lowest BCUT2D eigenvalue weighted by Gasteiger charge is -2.31. The van der Waals surface area contributed by atoms with E-state index in [1.54, 1.807) is 6.07 Å². The van der Waals surface area contributed by atoms with Crippen LogP contribution in [0.1, 0.15) is 35.4 Å². The van der Waals surface area contributed by atoms with Crippen LogP contribution in [0.3, 0.4) is 0 Å². The second kappa shape index (κ2) is 7.39. The Hall–Kier alpha value is -2.39. The van der Waals surface area contributed by atoms with Crippen LogP contribution in [0.15, 0.2) is 47.5 Å². The van der Waals surface area contributed by atoms with Crippen molar-refractivity contribution in [2.75, 3.05) is 13.1 Å². The van der Waals surface area contributed by atoms with E-state index in [4.69, 9.17) is 0 Å². The Bertz CT molecular complexity index is 1190. The van der Waals surface area contributed by atoms with Crippen molar-refractivity contribution in [3.8, 4) is 0 Å². The van der Waals surface area contributed by atoms with Gasteiger partial charge in [-0.1, -0.05) is 6.07 Å². The topological polar surface area (TPSA) is 53.2 Å². The van der Waals surface area contributed by atoms with Crippen molar-refractivity contribution in [3.63, 3.8) is 0 Å². The highest BCUT2D eigenvalue weighted by atomic mass is 32.2. The van der Waals surface area contributed by atoms with Gasteiger partial charge in [0.05, 0.1) is 10.5 Å². The first-order valence-corrected chi connectivity index (χ1v) is 11.0. The molecule has 9 heteroatoms. The fourth-order valence-electron chi connectivity index (χ4n) is 4.05. The summed E-state index contributed by atoms with van der Waals surface area (Å²) < 4.78 is 80.1. The summed E-state index contributed by atoms with van der Waals surface area (Å²) in [4.78, 5) is 2.79. The second-order valence-electron chi connectivity index (χ2n) is 7.59. The third kappa shape index (κ3) is 3.72. The molecule has 1 aromatic heterocycles. The van der Waals surface area contributed by atoms with E-state index >= 15 is 0 Å². The third-order valence-corrected chi connectivity index (χ3v) is 7.74. The summed E-state index contributed by atoms with van der Waals surface area (Å²) in [6.07, 6.45) is -1.80. The highest BCUT2D eigenvalue weighted by molar-refractivity contribution is 7.89. The Balaban J connectivity index is 1.57. The number of benzene rings is 2. The van der Waals surface area contributed by atoms with Crippen LogP contribution < -0.4 is 0 Å². The zero-order valence-electron chi connectivity index (χ0n) is 16.1. The van der Waals surface area contributed by atoms with E-state index in [0.29, 0.717) is 18.9 Å². The quantitative estimate of drug-likeness (QED) is 0.569. The summed E-state index contributed by atoms with van der Waals surface area (Å²) in [5.41, 5.74) is 1.03. The predicted octanol–water partition coefficient (Wildman–Crippen LogP) is 5.20. The lowest BCUT2D eigenvalue weighted by molar-refractivity contribution is -0.137. The van der Waals surface area contributed by atoms with Crippen molar-refractivity contribution >= 4 is 20.9 Å². The van der Waals surface area contributed by atoms with Gasteiger partial charge < -0.3 is 4.98 Å². The predicted molar refractivity (Wildman–Crippen MR) is 105 cm³/mol. The number of nitrogens with zero attached hydrogens (tertiary/aromatic N) is 1. The maximum absolute atomic E-state index is 13.6. The van der Waals surface area contributed by atoms with Gasteiger partial charge in [0.25, 0.3) is 0 Å². The molecule has 0 radical (unpaired) electrons. The van der Waals surface area contributed by atoms with Crippen LogP contribution in [0.25, 0.3) is 10.9 Å². The highest BCUT2D eigenvalue weighted by Gasteiger charge is 2.35. The number of hydrogen-bond donors (Lipinski definition) is 1. The summed E-state index contributed by atoms with van der Waals surface area (Å²) >= 11 is 0. The zero-order valence-corrected chi connectivity index (χ0v) is 16.9. The van der Waals surface area contributed by atoms with Crippen molar-refractivity contribution in [2.45, 2.75) is 36.8 Å². The van der Waals surface area contributed by atoms with Crippen molar-refractivity contribution in [3.05, 3.63) is 65.1 Å². The molecule has 0 bridgehead atoms. The minimum absolute atomic E-state index is 0.0367. The maximum atomic E-state index is 13.6. The molecule has 3 aromatic rings. The molecule has 1 fully saturated rings. The molecule has 4 nitrogen and oxygen atoms in total. The first-order chi connectivity index (χ1) is 14.1. The standard InChI is InChI=1S/C21H20F4N2O2S/c1-13-2-3-15(21(23,24)25)10-20(13)30(28,29)27-8-6-14(7-9-27)18-12-26-19-5-4-16(22)11-17(18)19/h2-5,10-12,14,26H,6-9H2,1H3. The Morgan fingerprint density at radius 1 is 1.07 bits per heavy atom. The Morgan fingerprint density at radius 2 is 1.77 bits per heavy atom. The molecule has 1 aliphatic rings. The van der Waals surface area contributed by atoms with Crippen LogP contribution in [0.2, 0.25) is 0 Å². The minimum Gasteiger partial charge on any atom is -0.361 e. The molecule has 1 saturated heterocycles. The first-order valence-electron chi connectivity index (χ1n) is 9.52. The number of hydrogen-bond acceptors (Lipinski definition) is 2. The van der Waals surface area contributed by atoms with Crippen molar-refractivity contribution in [2.24, 2.45) is 0 Å². The van der Waals surface area contributed by atoms with Crippen LogP contribution in [0.5, 0.6) is 0 Å². The normalized spacial score (nSPS) is 17.0. The largest absolute Gasteiger partial charge is 0.416 e. The van der Waals surface area contributed by atoms with Gasteiger partial charge in [-0.15, -0.1) is 0 Å². The van der Waals surface area contributed by atoms with Gasteiger partial charge in [0.1, 0.15) is 5.82 Å². The average Bonchev–Trinajstić information content (AvgIpc) is 3.10. The summed E-state index contributed by atoms with van der Waals surface area (Å²) in [5, 5.41) is 0.769. The number of H-pyrrole nitrogens is 1. The fraction of sp³-hybridized carbons (Fsp3) is 0.333. The lowest BCUT2D eigenvalue weighted by atomic mass is 9.90. The summed E-state index contributed by atoms with van der Waals surface area (Å²) in [6.45, 7) is 1.86. The average molecular weight is 440 g/mol. The van der Waals surface area contributed by atoms with E-state index in [1.807, 2.05) is 6.20 Å². The maximum Gasteiger partial charge on any atom is 0.416 e. The van der Waals surface area contributed by atoms with Crippen LogP contribution in [0.4, 0.5) is 17.6 Å². The van der Waals surface area contributed by atoms with Crippen molar-refractivity contribution < 1.29 is 26.0 Å². The number of piperidine rings is 1. The van der Waals surface area contributed by atoms with Gasteiger partial charge in [-0.3, -0.25) is 0 Å². The van der Waals surface area contributed by atoms with E-state index in [9.17, 15) is 26.0 Å². The van der Waals surface area contributed by atoms with Gasteiger partial charge in [-0.25, -0.2) is 12.8 Å². The molecule has 2 heterocycles. The van der Waals surface area contributed by atoms with Gasteiger partial charge in [-0.05, 0) is 67.1 Å². The first kappa shape index (κ1) is 20.9. The van der Waals surface area contributed by atoms with Crippen molar-refractivity contribution in [1.29, 1.82) is 0 Å². The molecule has 0 saturated carbocycles. The van der Waals surface area contributed by atoms with Crippen LogP contribution >= 0.6 is 0 Å². The Kier molecular flexibility index (Phi) is 5.14. The van der Waals surface area contributed by atoms with Gasteiger partial charge >= 0.3 is 6.18 Å². The smallest absolute Gasteiger partial charge is 0.361 e. The molecule has 0 spiro atoms. The van der Waals surface area contributed by atoms with E-state index in [0.717, 1.165) is 22.5 Å². The molecule has 0 atom stereocenters. The summed E-state index contributed by atoms with van der Waals surface area (Å²) in [6, 6.07) is 7.26.